The number of aliphatic hydroxyl groups excluding tert-OH is 1. The molecule has 0 unspecified atom stereocenters. The lowest BCUT2D eigenvalue weighted by Crippen LogP contribution is -2.17. The Hall–Kier alpha value is -2.16. The van der Waals surface area contributed by atoms with Gasteiger partial charge >= 0.3 is 0 Å². The molecular formula is C27H33NO. The highest BCUT2D eigenvalue weighted by Crippen LogP contribution is 2.48. The standard InChI is InChI=1S/C27H33NO/c1-19-7-6-9-20(13-19)8-2-5-12-25-26-16-21(15-24(26)17-27(25)29)14-22-10-3-4-11-23(22)18-28/h3-7,9-13,15,24-27,29H,2,8,14,16-18,28H2,1H3/t24-,25+,26-,27+/m0/s1. The summed E-state index contributed by atoms with van der Waals surface area (Å²) < 4.78 is 0. The number of aryl methyl sites for hydroxylation is 2. The monoisotopic (exact) mass is 387 g/mol. The van der Waals surface area contributed by atoms with Crippen LogP contribution < -0.4 is 5.73 Å². The van der Waals surface area contributed by atoms with Crippen LogP contribution in [-0.2, 0) is 19.4 Å². The Morgan fingerprint density at radius 2 is 1.93 bits per heavy atom. The summed E-state index contributed by atoms with van der Waals surface area (Å²) in [5, 5.41) is 10.6. The molecular weight excluding hydrogens is 354 g/mol. The lowest BCUT2D eigenvalue weighted by Gasteiger charge is -2.18. The van der Waals surface area contributed by atoms with Crippen molar-refractivity contribution in [3.8, 4) is 0 Å². The zero-order valence-corrected chi connectivity index (χ0v) is 17.4. The molecule has 4 rings (SSSR count). The van der Waals surface area contributed by atoms with Gasteiger partial charge < -0.3 is 10.8 Å². The van der Waals surface area contributed by atoms with Gasteiger partial charge in [-0.15, -0.1) is 0 Å². The first-order valence-electron chi connectivity index (χ1n) is 11.0. The first kappa shape index (κ1) is 20.1. The minimum atomic E-state index is -0.200. The Balaban J connectivity index is 1.35. The molecule has 0 spiro atoms. The van der Waals surface area contributed by atoms with Gasteiger partial charge in [-0.05, 0) is 67.6 Å². The Labute approximate surface area is 175 Å². The summed E-state index contributed by atoms with van der Waals surface area (Å²) >= 11 is 0. The molecule has 0 aromatic heterocycles. The second-order valence-corrected chi connectivity index (χ2v) is 8.84. The van der Waals surface area contributed by atoms with E-state index >= 15 is 0 Å². The number of rotatable bonds is 7. The minimum Gasteiger partial charge on any atom is -0.392 e. The third-order valence-corrected chi connectivity index (χ3v) is 6.75. The van der Waals surface area contributed by atoms with E-state index in [1.165, 1.54) is 27.8 Å². The summed E-state index contributed by atoms with van der Waals surface area (Å²) in [5.74, 6) is 1.37. The second kappa shape index (κ2) is 9.11. The maximum atomic E-state index is 10.6. The second-order valence-electron chi connectivity index (χ2n) is 8.84. The highest BCUT2D eigenvalue weighted by molar-refractivity contribution is 5.33. The molecule has 0 heterocycles. The third kappa shape index (κ3) is 4.71. The number of allylic oxidation sites excluding steroid dienone is 3. The highest BCUT2D eigenvalue weighted by Gasteiger charge is 2.43. The van der Waals surface area contributed by atoms with E-state index in [2.05, 4.69) is 73.7 Å². The number of nitrogens with two attached hydrogens (primary N) is 1. The zero-order valence-electron chi connectivity index (χ0n) is 17.4. The summed E-state index contributed by atoms with van der Waals surface area (Å²) in [5.41, 5.74) is 12.7. The Bertz CT molecular complexity index is 897. The molecule has 29 heavy (non-hydrogen) atoms. The maximum absolute atomic E-state index is 10.6. The largest absolute Gasteiger partial charge is 0.392 e. The lowest BCUT2D eigenvalue weighted by atomic mass is 9.88. The van der Waals surface area contributed by atoms with Gasteiger partial charge in [0.25, 0.3) is 0 Å². The highest BCUT2D eigenvalue weighted by atomic mass is 16.3. The predicted octanol–water partition coefficient (Wildman–Crippen LogP) is 5.13. The fourth-order valence-corrected chi connectivity index (χ4v) is 5.28. The van der Waals surface area contributed by atoms with E-state index < -0.39 is 0 Å². The van der Waals surface area contributed by atoms with Crippen molar-refractivity contribution in [1.29, 1.82) is 0 Å². The van der Waals surface area contributed by atoms with Gasteiger partial charge in [0.2, 0.25) is 0 Å². The van der Waals surface area contributed by atoms with Crippen molar-refractivity contribution in [3.05, 3.63) is 94.6 Å². The molecule has 1 fully saturated rings. The third-order valence-electron chi connectivity index (χ3n) is 6.75. The lowest BCUT2D eigenvalue weighted by molar-refractivity contribution is 0.141. The zero-order chi connectivity index (χ0) is 20.2. The molecule has 0 saturated heterocycles. The summed E-state index contributed by atoms with van der Waals surface area (Å²) in [4.78, 5) is 0. The SMILES string of the molecule is Cc1cccc(CCC=C[C@@H]2[C@H]3CC(Cc4ccccc4CN)=C[C@H]3C[C@H]2O)c1. The molecule has 0 amide bonds. The number of benzene rings is 2. The van der Waals surface area contributed by atoms with E-state index in [1.807, 2.05) is 0 Å². The van der Waals surface area contributed by atoms with Crippen LogP contribution in [0.5, 0.6) is 0 Å². The summed E-state index contributed by atoms with van der Waals surface area (Å²) in [6, 6.07) is 17.3. The molecule has 1 saturated carbocycles. The molecule has 2 nitrogen and oxygen atoms in total. The number of hydrogen-bond donors (Lipinski definition) is 2. The first-order valence-corrected chi connectivity index (χ1v) is 11.0. The molecule has 3 N–H and O–H groups in total. The van der Waals surface area contributed by atoms with E-state index in [-0.39, 0.29) is 12.0 Å². The Morgan fingerprint density at radius 1 is 1.10 bits per heavy atom. The van der Waals surface area contributed by atoms with Gasteiger partial charge in [0.1, 0.15) is 0 Å². The summed E-state index contributed by atoms with van der Waals surface area (Å²) in [6.07, 6.45) is 11.9. The van der Waals surface area contributed by atoms with Crippen molar-refractivity contribution in [1.82, 2.24) is 0 Å². The molecule has 0 bridgehead atoms. The topological polar surface area (TPSA) is 46.2 Å². The van der Waals surface area contributed by atoms with Gasteiger partial charge in [-0.1, -0.05) is 77.9 Å². The molecule has 2 aromatic rings. The van der Waals surface area contributed by atoms with Gasteiger partial charge in [0.15, 0.2) is 0 Å². The number of aliphatic hydroxyl groups is 1. The predicted molar refractivity (Wildman–Crippen MR) is 120 cm³/mol. The van der Waals surface area contributed by atoms with Crippen LogP contribution in [0.4, 0.5) is 0 Å². The van der Waals surface area contributed by atoms with Gasteiger partial charge in [-0.2, -0.15) is 0 Å². The van der Waals surface area contributed by atoms with Crippen LogP contribution >= 0.6 is 0 Å². The van der Waals surface area contributed by atoms with E-state index in [4.69, 9.17) is 5.73 Å². The van der Waals surface area contributed by atoms with Crippen LogP contribution in [0.2, 0.25) is 0 Å². The van der Waals surface area contributed by atoms with E-state index in [0.29, 0.717) is 18.4 Å². The van der Waals surface area contributed by atoms with Gasteiger partial charge in [0, 0.05) is 12.5 Å². The minimum absolute atomic E-state index is 0.200. The van der Waals surface area contributed by atoms with Crippen molar-refractivity contribution in [2.24, 2.45) is 23.5 Å². The van der Waals surface area contributed by atoms with Gasteiger partial charge in [-0.25, -0.2) is 0 Å². The van der Waals surface area contributed by atoms with Crippen LogP contribution in [-0.4, -0.2) is 11.2 Å². The molecule has 0 radical (unpaired) electrons. The van der Waals surface area contributed by atoms with E-state index in [1.54, 1.807) is 0 Å². The van der Waals surface area contributed by atoms with Crippen LogP contribution in [0.3, 0.4) is 0 Å². The molecule has 0 aliphatic heterocycles. The Kier molecular flexibility index (Phi) is 6.32. The van der Waals surface area contributed by atoms with Crippen LogP contribution in [0, 0.1) is 24.7 Å². The van der Waals surface area contributed by atoms with E-state index in [9.17, 15) is 5.11 Å². The van der Waals surface area contributed by atoms with Crippen molar-refractivity contribution < 1.29 is 5.11 Å². The Morgan fingerprint density at radius 3 is 2.72 bits per heavy atom. The molecule has 152 valence electrons. The average molecular weight is 388 g/mol. The van der Waals surface area contributed by atoms with E-state index in [0.717, 1.165) is 32.1 Å². The molecule has 2 aliphatic rings. The number of hydrogen-bond acceptors (Lipinski definition) is 2. The molecule has 2 aliphatic carbocycles. The van der Waals surface area contributed by atoms with Crippen molar-refractivity contribution in [2.75, 3.05) is 0 Å². The fourth-order valence-electron chi connectivity index (χ4n) is 5.28. The van der Waals surface area contributed by atoms with Crippen LogP contribution in [0.15, 0.2) is 72.3 Å². The molecule has 2 heteroatoms. The van der Waals surface area contributed by atoms with Gasteiger partial charge in [-0.3, -0.25) is 0 Å². The van der Waals surface area contributed by atoms with Crippen LogP contribution in [0.1, 0.15) is 41.5 Å². The fraction of sp³-hybridized carbons (Fsp3) is 0.407. The molecule has 4 atom stereocenters. The van der Waals surface area contributed by atoms with Crippen molar-refractivity contribution in [2.45, 2.75) is 51.7 Å². The average Bonchev–Trinajstić information content (AvgIpc) is 3.22. The molecule has 2 aromatic carbocycles. The van der Waals surface area contributed by atoms with Gasteiger partial charge in [0.05, 0.1) is 6.10 Å². The smallest absolute Gasteiger partial charge is 0.0611 e. The quantitative estimate of drug-likeness (QED) is 0.647. The maximum Gasteiger partial charge on any atom is 0.0611 e. The van der Waals surface area contributed by atoms with Crippen molar-refractivity contribution in [3.63, 3.8) is 0 Å². The first-order chi connectivity index (χ1) is 14.1. The van der Waals surface area contributed by atoms with Crippen molar-refractivity contribution >= 4 is 0 Å². The summed E-state index contributed by atoms with van der Waals surface area (Å²) in [6.45, 7) is 2.74. The number of fused-ring (bicyclic) bond motifs is 1. The normalized spacial score (nSPS) is 26.1. The summed E-state index contributed by atoms with van der Waals surface area (Å²) in [7, 11) is 0. The van der Waals surface area contributed by atoms with Crippen LogP contribution in [0.25, 0.3) is 0 Å².